The van der Waals surface area contributed by atoms with Crippen LogP contribution in [0.25, 0.3) is 10.9 Å². The van der Waals surface area contributed by atoms with Crippen molar-refractivity contribution >= 4 is 31.4 Å². The molecule has 0 radical (unpaired) electrons. The van der Waals surface area contributed by atoms with E-state index in [9.17, 15) is 4.79 Å². The van der Waals surface area contributed by atoms with Crippen molar-refractivity contribution in [3.05, 3.63) is 41.1 Å². The summed E-state index contributed by atoms with van der Waals surface area (Å²) in [4.78, 5) is 14.3. The van der Waals surface area contributed by atoms with Gasteiger partial charge in [-0.25, -0.2) is 0 Å². The molecule has 0 fully saturated rings. The van der Waals surface area contributed by atoms with Crippen LogP contribution in [0.2, 0.25) is 0 Å². The third-order valence-electron chi connectivity index (χ3n) is 3.53. The summed E-state index contributed by atoms with van der Waals surface area (Å²) in [5, 5.41) is 5.32. The normalized spacial score (nSPS) is 10.7. The average molecular weight is 302 g/mol. The van der Waals surface area contributed by atoms with Gasteiger partial charge in [0, 0.05) is 30.6 Å². The van der Waals surface area contributed by atoms with Crippen molar-refractivity contribution in [2.24, 2.45) is 0 Å². The first-order valence-corrected chi connectivity index (χ1v) is 7.81. The van der Waals surface area contributed by atoms with Gasteiger partial charge < -0.3 is 10.3 Å². The van der Waals surface area contributed by atoms with Crippen molar-refractivity contribution in [3.8, 4) is 0 Å². The second-order valence-electron chi connectivity index (χ2n) is 5.63. The van der Waals surface area contributed by atoms with E-state index in [1.54, 1.807) is 6.92 Å². The molecular formula is C17H23N2OP. The lowest BCUT2D eigenvalue weighted by Crippen LogP contribution is -2.22. The van der Waals surface area contributed by atoms with E-state index in [1.165, 1.54) is 27.4 Å². The van der Waals surface area contributed by atoms with Gasteiger partial charge in [-0.05, 0) is 55.3 Å². The summed E-state index contributed by atoms with van der Waals surface area (Å²) in [7, 11) is 2.83. The molecule has 2 aromatic rings. The molecule has 112 valence electrons. The molecule has 0 saturated heterocycles. The predicted octanol–water partition coefficient (Wildman–Crippen LogP) is 2.86. The number of allylic oxidation sites excluding steroid dienone is 2. The van der Waals surface area contributed by atoms with E-state index in [1.807, 2.05) is 6.20 Å². The van der Waals surface area contributed by atoms with E-state index in [0.717, 1.165) is 18.4 Å². The van der Waals surface area contributed by atoms with Crippen LogP contribution in [0.3, 0.4) is 0 Å². The number of nitrogens with one attached hydrogen (secondary N) is 2. The summed E-state index contributed by atoms with van der Waals surface area (Å²) in [6.45, 7) is 6.46. The Morgan fingerprint density at radius 1 is 1.29 bits per heavy atom. The summed E-state index contributed by atoms with van der Waals surface area (Å²) >= 11 is 0. The molecule has 1 heterocycles. The maximum Gasteiger partial charge on any atom is 0.216 e. The molecule has 0 aliphatic carbocycles. The first kappa shape index (κ1) is 15.8. The molecule has 0 saturated carbocycles. The zero-order chi connectivity index (χ0) is 15.4. The molecule has 1 aromatic carbocycles. The first-order valence-electron chi connectivity index (χ1n) is 7.23. The van der Waals surface area contributed by atoms with Crippen LogP contribution in [0, 0.1) is 0 Å². The van der Waals surface area contributed by atoms with E-state index >= 15 is 0 Å². The SMILES string of the molecule is CC(=O)NCCc1c[nH]c2cc(CC=C(C)C)c(P)cc12. The predicted molar refractivity (Wildman–Crippen MR) is 93.2 cm³/mol. The molecule has 0 aliphatic rings. The fourth-order valence-corrected chi connectivity index (χ4v) is 2.73. The quantitative estimate of drug-likeness (QED) is 0.647. The Balaban J connectivity index is 2.22. The van der Waals surface area contributed by atoms with Gasteiger partial charge in [0.25, 0.3) is 0 Å². The number of carbonyl (C=O) groups excluding carboxylic acids is 1. The molecule has 1 aromatic heterocycles. The largest absolute Gasteiger partial charge is 0.361 e. The van der Waals surface area contributed by atoms with Crippen LogP contribution in [0.15, 0.2) is 30.0 Å². The highest BCUT2D eigenvalue weighted by atomic mass is 31.0. The fraction of sp³-hybridized carbons (Fsp3) is 0.353. The minimum absolute atomic E-state index is 0.0191. The van der Waals surface area contributed by atoms with Crippen LogP contribution in [-0.2, 0) is 17.6 Å². The summed E-state index contributed by atoms with van der Waals surface area (Å²) in [6, 6.07) is 4.44. The number of aromatic nitrogens is 1. The molecule has 1 amide bonds. The van der Waals surface area contributed by atoms with Gasteiger partial charge in [-0.3, -0.25) is 4.79 Å². The Kier molecular flexibility index (Phi) is 5.19. The van der Waals surface area contributed by atoms with Gasteiger partial charge in [0.05, 0.1) is 0 Å². The van der Waals surface area contributed by atoms with Gasteiger partial charge >= 0.3 is 0 Å². The number of benzene rings is 1. The molecule has 0 bridgehead atoms. The Hall–Kier alpha value is -1.60. The topological polar surface area (TPSA) is 44.9 Å². The van der Waals surface area contributed by atoms with E-state index in [-0.39, 0.29) is 5.91 Å². The van der Waals surface area contributed by atoms with Gasteiger partial charge in [-0.1, -0.05) is 11.6 Å². The monoisotopic (exact) mass is 302 g/mol. The number of hydrogen-bond donors (Lipinski definition) is 2. The summed E-state index contributed by atoms with van der Waals surface area (Å²) < 4.78 is 0. The first-order chi connectivity index (χ1) is 9.97. The van der Waals surface area contributed by atoms with Crippen LogP contribution in [0.5, 0.6) is 0 Å². The third kappa shape index (κ3) is 4.18. The van der Waals surface area contributed by atoms with Crippen LogP contribution in [-0.4, -0.2) is 17.4 Å². The van der Waals surface area contributed by atoms with Crippen molar-refractivity contribution in [1.82, 2.24) is 10.3 Å². The van der Waals surface area contributed by atoms with E-state index in [2.05, 4.69) is 51.6 Å². The Bertz CT molecular complexity index is 681. The maximum atomic E-state index is 10.9. The second-order valence-corrected chi connectivity index (χ2v) is 6.25. The Morgan fingerprint density at radius 3 is 2.71 bits per heavy atom. The number of carbonyl (C=O) groups is 1. The van der Waals surface area contributed by atoms with Gasteiger partial charge in [-0.2, -0.15) is 0 Å². The van der Waals surface area contributed by atoms with Gasteiger partial charge in [0.15, 0.2) is 0 Å². The van der Waals surface area contributed by atoms with E-state index in [0.29, 0.717) is 6.54 Å². The minimum Gasteiger partial charge on any atom is -0.361 e. The van der Waals surface area contributed by atoms with E-state index < -0.39 is 0 Å². The minimum atomic E-state index is 0.0191. The van der Waals surface area contributed by atoms with Crippen molar-refractivity contribution in [2.45, 2.75) is 33.6 Å². The molecule has 1 atom stereocenters. The number of aromatic amines is 1. The average Bonchev–Trinajstić information content (AvgIpc) is 2.78. The smallest absolute Gasteiger partial charge is 0.216 e. The van der Waals surface area contributed by atoms with Crippen molar-refractivity contribution in [2.75, 3.05) is 6.54 Å². The van der Waals surface area contributed by atoms with Gasteiger partial charge in [0.1, 0.15) is 0 Å². The van der Waals surface area contributed by atoms with Gasteiger partial charge in [0.2, 0.25) is 5.91 Å². The third-order valence-corrected chi connectivity index (χ3v) is 4.06. The highest BCUT2D eigenvalue weighted by molar-refractivity contribution is 7.27. The molecule has 0 aliphatic heterocycles. The zero-order valence-electron chi connectivity index (χ0n) is 12.9. The lowest BCUT2D eigenvalue weighted by atomic mass is 10.1. The van der Waals surface area contributed by atoms with Crippen molar-refractivity contribution in [1.29, 1.82) is 0 Å². The number of rotatable bonds is 5. The molecule has 2 N–H and O–H groups in total. The number of H-pyrrole nitrogens is 1. The zero-order valence-corrected chi connectivity index (χ0v) is 14.1. The van der Waals surface area contributed by atoms with Crippen molar-refractivity contribution in [3.63, 3.8) is 0 Å². The molecular weight excluding hydrogens is 279 g/mol. The fourth-order valence-electron chi connectivity index (χ4n) is 2.36. The molecule has 21 heavy (non-hydrogen) atoms. The second kappa shape index (κ2) is 6.91. The summed E-state index contributed by atoms with van der Waals surface area (Å²) in [5.41, 5.74) is 5.07. The Morgan fingerprint density at radius 2 is 2.05 bits per heavy atom. The Labute approximate surface area is 128 Å². The van der Waals surface area contributed by atoms with Crippen LogP contribution >= 0.6 is 9.24 Å². The molecule has 1 unspecified atom stereocenters. The highest BCUT2D eigenvalue weighted by Gasteiger charge is 2.07. The number of fused-ring (bicyclic) bond motifs is 1. The molecule has 2 rings (SSSR count). The molecule has 0 spiro atoms. The summed E-state index contributed by atoms with van der Waals surface area (Å²) in [5.74, 6) is 0.0191. The van der Waals surface area contributed by atoms with E-state index in [4.69, 9.17) is 0 Å². The molecule has 4 heteroatoms. The van der Waals surface area contributed by atoms with Crippen LogP contribution in [0.1, 0.15) is 31.9 Å². The molecule has 3 nitrogen and oxygen atoms in total. The standard InChI is InChI=1S/C17H23N2OP/c1-11(2)4-5-13-8-16-15(9-17(13)21)14(10-19-16)6-7-18-12(3)20/h4,8-10,19H,5-7,21H2,1-3H3,(H,18,20). The van der Waals surface area contributed by atoms with Crippen LogP contribution in [0.4, 0.5) is 0 Å². The lowest BCUT2D eigenvalue weighted by Gasteiger charge is -2.06. The van der Waals surface area contributed by atoms with Crippen molar-refractivity contribution < 1.29 is 4.79 Å². The van der Waals surface area contributed by atoms with Crippen LogP contribution < -0.4 is 10.6 Å². The number of hydrogen-bond acceptors (Lipinski definition) is 1. The highest BCUT2D eigenvalue weighted by Crippen LogP contribution is 2.21. The maximum absolute atomic E-state index is 10.9. The number of amides is 1. The summed E-state index contributed by atoms with van der Waals surface area (Å²) in [6.07, 6.45) is 6.09. The lowest BCUT2D eigenvalue weighted by molar-refractivity contribution is -0.118. The van der Waals surface area contributed by atoms with Gasteiger partial charge in [-0.15, -0.1) is 9.24 Å².